The summed E-state index contributed by atoms with van der Waals surface area (Å²) in [5.74, 6) is -0.0397. The molecule has 0 aliphatic carbocycles. The van der Waals surface area contributed by atoms with Gasteiger partial charge in [-0.15, -0.1) is 0 Å². The highest BCUT2D eigenvalue weighted by atomic mass is 32.2. The Morgan fingerprint density at radius 2 is 2.00 bits per heavy atom. The third-order valence-corrected chi connectivity index (χ3v) is 4.89. The van der Waals surface area contributed by atoms with Crippen LogP contribution in [-0.2, 0) is 21.1 Å². The van der Waals surface area contributed by atoms with Gasteiger partial charge in [0.2, 0.25) is 0 Å². The van der Waals surface area contributed by atoms with Crippen LogP contribution in [0.25, 0.3) is 0 Å². The number of nitrogens with zero attached hydrogens (tertiary/aromatic N) is 2. The molecule has 2 rings (SSSR count). The molecule has 1 aromatic carbocycles. The Balaban J connectivity index is 2.49. The summed E-state index contributed by atoms with van der Waals surface area (Å²) in [5, 5.41) is 4.10. The number of aryl methyl sites for hydroxylation is 1. The number of rotatable bonds is 8. The van der Waals surface area contributed by atoms with Crippen LogP contribution in [0.3, 0.4) is 0 Å². The van der Waals surface area contributed by atoms with E-state index in [2.05, 4.69) is 5.10 Å². The van der Waals surface area contributed by atoms with Crippen molar-refractivity contribution < 1.29 is 22.7 Å². The van der Waals surface area contributed by atoms with Gasteiger partial charge in [-0.05, 0) is 26.0 Å². The van der Waals surface area contributed by atoms with Crippen molar-refractivity contribution in [3.05, 3.63) is 41.2 Å². The summed E-state index contributed by atoms with van der Waals surface area (Å²) < 4.78 is 36.3. The first kappa shape index (κ1) is 19.1. The topological polar surface area (TPSA) is 87.5 Å². The zero-order valence-corrected chi connectivity index (χ0v) is 15.6. The highest BCUT2D eigenvalue weighted by molar-refractivity contribution is 7.90. The SMILES string of the molecule is CCn1cc(C(=O)c2ccc(S(C)(=O)=O)c(OCCOC)c2C)cn1. The normalized spacial score (nSPS) is 11.5. The standard InChI is InChI=1S/C17H22N2O5S/c1-5-19-11-13(10-18-19)16(20)14-6-7-15(25(4,21)22)17(12(14)2)24-9-8-23-3/h6-7,10-11H,5,8-9H2,1-4H3. The van der Waals surface area contributed by atoms with E-state index in [0.717, 1.165) is 6.26 Å². The van der Waals surface area contributed by atoms with Crippen LogP contribution in [0.1, 0.15) is 28.4 Å². The van der Waals surface area contributed by atoms with Crippen LogP contribution in [-0.4, -0.2) is 50.6 Å². The number of aromatic nitrogens is 2. The lowest BCUT2D eigenvalue weighted by atomic mass is 10.0. The number of methoxy groups -OCH3 is 1. The number of carbonyl (C=O) groups is 1. The van der Waals surface area contributed by atoms with E-state index in [1.54, 1.807) is 17.8 Å². The first-order valence-electron chi connectivity index (χ1n) is 7.82. The molecular formula is C17H22N2O5S. The van der Waals surface area contributed by atoms with Crippen molar-refractivity contribution in [2.24, 2.45) is 0 Å². The van der Waals surface area contributed by atoms with E-state index < -0.39 is 9.84 Å². The van der Waals surface area contributed by atoms with E-state index in [4.69, 9.17) is 9.47 Å². The van der Waals surface area contributed by atoms with Gasteiger partial charge in [-0.1, -0.05) is 0 Å². The summed E-state index contributed by atoms with van der Waals surface area (Å²) in [6, 6.07) is 2.92. The number of carbonyl (C=O) groups excluding carboxylic acids is 1. The van der Waals surface area contributed by atoms with Crippen LogP contribution in [0.2, 0.25) is 0 Å². The molecule has 7 nitrogen and oxygen atoms in total. The zero-order valence-electron chi connectivity index (χ0n) is 14.8. The van der Waals surface area contributed by atoms with Gasteiger partial charge in [-0.3, -0.25) is 9.48 Å². The van der Waals surface area contributed by atoms with Crippen LogP contribution >= 0.6 is 0 Å². The molecule has 0 atom stereocenters. The van der Waals surface area contributed by atoms with Crippen molar-refractivity contribution in [2.45, 2.75) is 25.3 Å². The molecule has 0 amide bonds. The molecule has 0 fully saturated rings. The molecule has 0 saturated heterocycles. The van der Waals surface area contributed by atoms with Crippen molar-refractivity contribution in [1.82, 2.24) is 9.78 Å². The van der Waals surface area contributed by atoms with Gasteiger partial charge in [-0.25, -0.2) is 8.42 Å². The Labute approximate surface area is 147 Å². The minimum Gasteiger partial charge on any atom is -0.490 e. The predicted octanol–water partition coefficient (Wildman–Crippen LogP) is 1.87. The van der Waals surface area contributed by atoms with Gasteiger partial charge in [0, 0.05) is 37.2 Å². The van der Waals surface area contributed by atoms with Crippen LogP contribution in [0.5, 0.6) is 5.75 Å². The maximum Gasteiger partial charge on any atom is 0.196 e. The summed E-state index contributed by atoms with van der Waals surface area (Å²) in [7, 11) is -1.97. The third kappa shape index (κ3) is 4.26. The fourth-order valence-corrected chi connectivity index (χ4v) is 3.28. The molecule has 136 valence electrons. The van der Waals surface area contributed by atoms with Crippen LogP contribution in [0, 0.1) is 6.92 Å². The summed E-state index contributed by atoms with van der Waals surface area (Å²) >= 11 is 0. The Kier molecular flexibility index (Phi) is 5.97. The van der Waals surface area contributed by atoms with E-state index in [0.29, 0.717) is 29.8 Å². The lowest BCUT2D eigenvalue weighted by Gasteiger charge is -2.15. The summed E-state index contributed by atoms with van der Waals surface area (Å²) in [5.41, 5.74) is 1.31. The molecule has 0 spiro atoms. The first-order chi connectivity index (χ1) is 11.8. The molecule has 0 bridgehead atoms. The number of benzene rings is 1. The number of sulfone groups is 1. The molecule has 0 N–H and O–H groups in total. The molecule has 1 heterocycles. The lowest BCUT2D eigenvalue weighted by molar-refractivity contribution is 0.103. The molecule has 1 aromatic heterocycles. The van der Waals surface area contributed by atoms with E-state index >= 15 is 0 Å². The maximum atomic E-state index is 12.8. The molecular weight excluding hydrogens is 344 g/mol. The highest BCUT2D eigenvalue weighted by Crippen LogP contribution is 2.31. The van der Waals surface area contributed by atoms with Crippen LogP contribution < -0.4 is 4.74 Å². The maximum absolute atomic E-state index is 12.8. The van der Waals surface area contributed by atoms with Crippen molar-refractivity contribution in [3.63, 3.8) is 0 Å². The van der Waals surface area contributed by atoms with Gasteiger partial charge in [0.1, 0.15) is 17.3 Å². The minimum absolute atomic E-state index is 0.0573. The number of ether oxygens (including phenoxy) is 2. The van der Waals surface area contributed by atoms with Gasteiger partial charge in [0.05, 0.1) is 18.4 Å². The second-order valence-electron chi connectivity index (χ2n) is 5.59. The summed E-state index contributed by atoms with van der Waals surface area (Å²) in [4.78, 5) is 12.8. The lowest BCUT2D eigenvalue weighted by Crippen LogP contribution is -2.12. The predicted molar refractivity (Wildman–Crippen MR) is 93.0 cm³/mol. The molecule has 2 aromatic rings. The second kappa shape index (κ2) is 7.79. The second-order valence-corrected chi connectivity index (χ2v) is 7.58. The highest BCUT2D eigenvalue weighted by Gasteiger charge is 2.23. The van der Waals surface area contributed by atoms with Gasteiger partial charge >= 0.3 is 0 Å². The average molecular weight is 366 g/mol. The zero-order chi connectivity index (χ0) is 18.6. The van der Waals surface area contributed by atoms with Gasteiger partial charge in [0.25, 0.3) is 0 Å². The number of hydrogen-bond donors (Lipinski definition) is 0. The van der Waals surface area contributed by atoms with Crippen molar-refractivity contribution in [3.8, 4) is 5.75 Å². The molecule has 0 aliphatic rings. The summed E-state index contributed by atoms with van der Waals surface area (Å²) in [6.07, 6.45) is 4.27. The van der Waals surface area contributed by atoms with Gasteiger partial charge in [-0.2, -0.15) is 5.10 Å². The Bertz CT molecular complexity index is 871. The first-order valence-corrected chi connectivity index (χ1v) is 9.71. The van der Waals surface area contributed by atoms with Gasteiger partial charge < -0.3 is 9.47 Å². The average Bonchev–Trinajstić information content (AvgIpc) is 3.04. The molecule has 8 heteroatoms. The molecule has 0 unspecified atom stereocenters. The minimum atomic E-state index is -3.49. The van der Waals surface area contributed by atoms with E-state index in [-0.39, 0.29) is 23.0 Å². The fourth-order valence-electron chi connectivity index (χ4n) is 2.42. The van der Waals surface area contributed by atoms with Crippen molar-refractivity contribution in [1.29, 1.82) is 0 Å². The van der Waals surface area contributed by atoms with E-state index in [9.17, 15) is 13.2 Å². The Morgan fingerprint density at radius 3 is 2.56 bits per heavy atom. The summed E-state index contributed by atoms with van der Waals surface area (Å²) in [6.45, 7) is 4.75. The number of ketones is 1. The van der Waals surface area contributed by atoms with Gasteiger partial charge in [0.15, 0.2) is 15.6 Å². The Morgan fingerprint density at radius 1 is 1.28 bits per heavy atom. The molecule has 0 saturated carbocycles. The van der Waals surface area contributed by atoms with Crippen molar-refractivity contribution >= 4 is 15.6 Å². The van der Waals surface area contributed by atoms with E-state index in [1.165, 1.54) is 25.4 Å². The van der Waals surface area contributed by atoms with Crippen LogP contribution in [0.4, 0.5) is 0 Å². The molecule has 0 radical (unpaired) electrons. The number of hydrogen-bond acceptors (Lipinski definition) is 6. The molecule has 0 aliphatic heterocycles. The van der Waals surface area contributed by atoms with Crippen molar-refractivity contribution in [2.75, 3.05) is 26.6 Å². The van der Waals surface area contributed by atoms with E-state index in [1.807, 2.05) is 6.92 Å². The Hall–Kier alpha value is -2.19. The monoisotopic (exact) mass is 366 g/mol. The fraction of sp³-hybridized carbons (Fsp3) is 0.412. The largest absolute Gasteiger partial charge is 0.490 e. The quantitative estimate of drug-likeness (QED) is 0.524. The smallest absolute Gasteiger partial charge is 0.196 e. The van der Waals surface area contributed by atoms with Crippen LogP contribution in [0.15, 0.2) is 29.4 Å². The molecule has 25 heavy (non-hydrogen) atoms. The third-order valence-electron chi connectivity index (χ3n) is 3.77.